The van der Waals surface area contributed by atoms with Crippen molar-refractivity contribution < 1.29 is 9.59 Å². The van der Waals surface area contributed by atoms with Crippen molar-refractivity contribution in [1.82, 2.24) is 30.4 Å². The largest absolute Gasteiger partial charge is 0.348 e. The van der Waals surface area contributed by atoms with Gasteiger partial charge in [-0.15, -0.1) is 0 Å². The number of rotatable bonds is 5. The average Bonchev–Trinajstić information content (AvgIpc) is 3.27. The average molecular weight is 330 g/mol. The Morgan fingerprint density at radius 3 is 2.79 bits per heavy atom. The fraction of sp³-hybridized carbons (Fsp3) is 0.500. The van der Waals surface area contributed by atoms with E-state index >= 15 is 0 Å². The van der Waals surface area contributed by atoms with Crippen molar-refractivity contribution in [3.05, 3.63) is 36.2 Å². The normalized spacial score (nSPS) is 16.8. The van der Waals surface area contributed by atoms with Crippen molar-refractivity contribution in [1.29, 1.82) is 0 Å². The number of piperidine rings is 1. The minimum absolute atomic E-state index is 0.0390. The summed E-state index contributed by atoms with van der Waals surface area (Å²) >= 11 is 0. The Bertz CT molecular complexity index is 659. The summed E-state index contributed by atoms with van der Waals surface area (Å²) in [5.41, 5.74) is 1.95. The molecule has 0 unspecified atom stereocenters. The van der Waals surface area contributed by atoms with Gasteiger partial charge in [-0.25, -0.2) is 4.98 Å². The van der Waals surface area contributed by atoms with Crippen molar-refractivity contribution in [2.45, 2.75) is 38.1 Å². The number of aromatic nitrogens is 4. The lowest BCUT2D eigenvalue weighted by Crippen LogP contribution is -2.51. The quantitative estimate of drug-likeness (QED) is 0.745. The summed E-state index contributed by atoms with van der Waals surface area (Å²) in [6.07, 6.45) is 7.20. The number of hydrogen-bond acceptors (Lipinski definition) is 4. The van der Waals surface area contributed by atoms with Crippen molar-refractivity contribution in [3.63, 3.8) is 0 Å². The second-order valence-electron chi connectivity index (χ2n) is 6.15. The molecule has 0 aliphatic carbocycles. The topological polar surface area (TPSA) is 107 Å². The molecule has 1 aliphatic heterocycles. The molecule has 3 rings (SSSR count). The smallest absolute Gasteiger partial charge is 0.245 e. The lowest BCUT2D eigenvalue weighted by molar-refractivity contribution is -0.137. The van der Waals surface area contributed by atoms with Crippen LogP contribution in [-0.4, -0.2) is 56.0 Å². The van der Waals surface area contributed by atoms with Crippen molar-refractivity contribution in [3.8, 4) is 0 Å². The molecule has 8 nitrogen and oxygen atoms in total. The van der Waals surface area contributed by atoms with Crippen LogP contribution < -0.4 is 5.32 Å². The Morgan fingerprint density at radius 1 is 1.42 bits per heavy atom. The molecule has 2 aromatic heterocycles. The van der Waals surface area contributed by atoms with E-state index in [1.807, 2.05) is 11.0 Å². The van der Waals surface area contributed by atoms with Gasteiger partial charge in [0, 0.05) is 56.1 Å². The van der Waals surface area contributed by atoms with E-state index in [1.54, 1.807) is 18.7 Å². The maximum atomic E-state index is 12.8. The molecule has 1 fully saturated rings. The van der Waals surface area contributed by atoms with Gasteiger partial charge in [0.1, 0.15) is 6.04 Å². The van der Waals surface area contributed by atoms with Crippen LogP contribution in [0.3, 0.4) is 0 Å². The Balaban J connectivity index is 1.61. The summed E-state index contributed by atoms with van der Waals surface area (Å²) in [4.78, 5) is 33.0. The van der Waals surface area contributed by atoms with Crippen LogP contribution in [0.1, 0.15) is 37.1 Å². The number of carbonyl (C=O) groups excluding carboxylic acids is 2. The lowest BCUT2D eigenvalue weighted by atomic mass is 9.93. The summed E-state index contributed by atoms with van der Waals surface area (Å²) in [5, 5.41) is 9.76. The van der Waals surface area contributed by atoms with Crippen LogP contribution in [0.5, 0.6) is 0 Å². The van der Waals surface area contributed by atoms with E-state index in [9.17, 15) is 9.59 Å². The molecule has 1 saturated heterocycles. The molecule has 0 saturated carbocycles. The van der Waals surface area contributed by atoms with Crippen molar-refractivity contribution in [2.75, 3.05) is 13.1 Å². The number of nitrogens with zero attached hydrogens (tertiary/aromatic N) is 3. The fourth-order valence-corrected chi connectivity index (χ4v) is 3.19. The number of carbonyl (C=O) groups is 2. The predicted molar refractivity (Wildman–Crippen MR) is 87.0 cm³/mol. The Labute approximate surface area is 140 Å². The lowest BCUT2D eigenvalue weighted by Gasteiger charge is -2.34. The van der Waals surface area contributed by atoms with Crippen LogP contribution in [0.4, 0.5) is 0 Å². The van der Waals surface area contributed by atoms with Gasteiger partial charge in [0.2, 0.25) is 11.8 Å². The first-order valence-corrected chi connectivity index (χ1v) is 8.16. The second-order valence-corrected chi connectivity index (χ2v) is 6.15. The van der Waals surface area contributed by atoms with E-state index < -0.39 is 6.04 Å². The summed E-state index contributed by atoms with van der Waals surface area (Å²) < 4.78 is 0. The molecular formula is C16H22N6O2. The van der Waals surface area contributed by atoms with Gasteiger partial charge in [0.15, 0.2) is 0 Å². The zero-order valence-corrected chi connectivity index (χ0v) is 13.7. The molecule has 3 N–H and O–H groups in total. The van der Waals surface area contributed by atoms with Crippen LogP contribution in [0.2, 0.25) is 0 Å². The summed E-state index contributed by atoms with van der Waals surface area (Å²) in [7, 11) is 0. The van der Waals surface area contributed by atoms with Crippen LogP contribution in [0.25, 0.3) is 0 Å². The minimum atomic E-state index is -0.563. The number of aromatic amines is 2. The molecular weight excluding hydrogens is 308 g/mol. The highest BCUT2D eigenvalue weighted by Gasteiger charge is 2.30. The van der Waals surface area contributed by atoms with Crippen LogP contribution >= 0.6 is 0 Å². The van der Waals surface area contributed by atoms with Crippen LogP contribution in [0, 0.1) is 0 Å². The summed E-state index contributed by atoms with van der Waals surface area (Å²) in [5.74, 6) is 0.159. The third kappa shape index (κ3) is 3.81. The zero-order chi connectivity index (χ0) is 16.9. The molecule has 1 atom stereocenters. The molecule has 8 heteroatoms. The van der Waals surface area contributed by atoms with Gasteiger partial charge in [-0.3, -0.25) is 14.7 Å². The van der Waals surface area contributed by atoms with Crippen LogP contribution in [0.15, 0.2) is 24.8 Å². The van der Waals surface area contributed by atoms with Gasteiger partial charge in [0.05, 0.1) is 6.33 Å². The first kappa shape index (κ1) is 16.2. The van der Waals surface area contributed by atoms with Gasteiger partial charge >= 0.3 is 0 Å². The maximum Gasteiger partial charge on any atom is 0.245 e. The zero-order valence-electron chi connectivity index (χ0n) is 13.7. The van der Waals surface area contributed by atoms with Crippen LogP contribution in [-0.2, 0) is 16.0 Å². The predicted octanol–water partition coefficient (Wildman–Crippen LogP) is 0.586. The Kier molecular flexibility index (Phi) is 4.93. The molecule has 0 spiro atoms. The highest BCUT2D eigenvalue weighted by molar-refractivity contribution is 5.87. The van der Waals surface area contributed by atoms with Crippen molar-refractivity contribution in [2.24, 2.45) is 0 Å². The third-order valence-corrected chi connectivity index (χ3v) is 4.42. The number of imidazole rings is 1. The van der Waals surface area contributed by atoms with Gasteiger partial charge in [0.25, 0.3) is 0 Å². The van der Waals surface area contributed by atoms with E-state index in [0.717, 1.165) is 24.2 Å². The molecule has 1 aliphatic rings. The second kappa shape index (κ2) is 7.29. The summed E-state index contributed by atoms with van der Waals surface area (Å²) in [6.45, 7) is 2.79. The Hall–Kier alpha value is -2.64. The highest BCUT2D eigenvalue weighted by atomic mass is 16.2. The molecule has 24 heavy (non-hydrogen) atoms. The maximum absolute atomic E-state index is 12.8. The fourth-order valence-electron chi connectivity index (χ4n) is 3.19. The van der Waals surface area contributed by atoms with E-state index in [1.165, 1.54) is 6.92 Å². The minimum Gasteiger partial charge on any atom is -0.348 e. The molecule has 2 amide bonds. The number of hydrogen-bond donors (Lipinski definition) is 3. The van der Waals surface area contributed by atoms with E-state index in [0.29, 0.717) is 25.4 Å². The monoisotopic (exact) mass is 330 g/mol. The highest BCUT2D eigenvalue weighted by Crippen LogP contribution is 2.26. The number of H-pyrrole nitrogens is 2. The molecule has 128 valence electrons. The molecule has 0 aromatic carbocycles. The summed E-state index contributed by atoms with van der Waals surface area (Å²) in [6, 6.07) is 1.42. The van der Waals surface area contributed by atoms with E-state index in [2.05, 4.69) is 25.5 Å². The number of nitrogens with one attached hydrogen (secondary N) is 3. The molecule has 0 bridgehead atoms. The van der Waals surface area contributed by atoms with E-state index in [4.69, 9.17) is 0 Å². The molecule has 2 aromatic rings. The van der Waals surface area contributed by atoms with Gasteiger partial charge in [-0.1, -0.05) is 0 Å². The Morgan fingerprint density at radius 2 is 2.21 bits per heavy atom. The number of likely N-dealkylation sites (tertiary alicyclic amines) is 1. The molecule has 3 heterocycles. The third-order valence-electron chi connectivity index (χ3n) is 4.42. The van der Waals surface area contributed by atoms with Crippen molar-refractivity contribution >= 4 is 11.8 Å². The molecule has 0 radical (unpaired) electrons. The van der Waals surface area contributed by atoms with E-state index in [-0.39, 0.29) is 11.8 Å². The SMILES string of the molecule is CC(=O)N[C@@H](Cc1cnc[nH]1)C(=O)N1CCC(c2ccn[nH]2)CC1. The van der Waals surface area contributed by atoms with Gasteiger partial charge < -0.3 is 15.2 Å². The first-order valence-electron chi connectivity index (χ1n) is 8.16. The standard InChI is InChI=1S/C16H22N6O2/c1-11(23)20-15(8-13-9-17-10-18-13)16(24)22-6-3-12(4-7-22)14-2-5-19-21-14/h2,5,9-10,12,15H,3-4,6-8H2,1H3,(H,17,18)(H,19,21)(H,20,23)/t15-/m0/s1. The number of amides is 2. The van der Waals surface area contributed by atoms with Gasteiger partial charge in [-0.2, -0.15) is 5.10 Å². The van der Waals surface area contributed by atoms with Gasteiger partial charge in [-0.05, 0) is 18.9 Å². The first-order chi connectivity index (χ1) is 11.6.